The third kappa shape index (κ3) is 5.84. The molecular formula is C28H33BrN8O2. The minimum atomic E-state index is -0.786. The summed E-state index contributed by atoms with van der Waals surface area (Å²) in [7, 11) is 0. The highest BCUT2D eigenvalue weighted by Crippen LogP contribution is 2.26. The molecule has 11 heteroatoms. The molecule has 2 aromatic heterocycles. The fourth-order valence-electron chi connectivity index (χ4n) is 5.01. The molecule has 0 saturated carbocycles. The number of aromatic amines is 1. The van der Waals surface area contributed by atoms with Crippen LogP contribution >= 0.6 is 15.9 Å². The molecule has 4 aromatic rings. The number of aryl methyl sites for hydroxylation is 1. The highest BCUT2D eigenvalue weighted by Gasteiger charge is 2.25. The van der Waals surface area contributed by atoms with E-state index in [9.17, 15) is 9.59 Å². The SMILES string of the molecule is CCCCCN1CCN(c2ccc3nc(NC(=O)c4c(C(N)=O)ncn4-c4cc(Br)ccc4C)[nH]c3c2)CC1. The van der Waals surface area contributed by atoms with Gasteiger partial charge in [0.1, 0.15) is 12.0 Å². The van der Waals surface area contributed by atoms with E-state index in [1.165, 1.54) is 32.1 Å². The van der Waals surface area contributed by atoms with Gasteiger partial charge < -0.3 is 15.6 Å². The monoisotopic (exact) mass is 592 g/mol. The highest BCUT2D eigenvalue weighted by molar-refractivity contribution is 9.10. The van der Waals surface area contributed by atoms with E-state index < -0.39 is 11.8 Å². The molecule has 0 spiro atoms. The van der Waals surface area contributed by atoms with Crippen LogP contribution in [-0.2, 0) is 0 Å². The first kappa shape index (κ1) is 26.9. The topological polar surface area (TPSA) is 125 Å². The van der Waals surface area contributed by atoms with Gasteiger partial charge in [-0.2, -0.15) is 0 Å². The molecule has 1 aliphatic rings. The van der Waals surface area contributed by atoms with Gasteiger partial charge in [0.25, 0.3) is 11.8 Å². The lowest BCUT2D eigenvalue weighted by molar-refractivity contribution is 0.0970. The summed E-state index contributed by atoms with van der Waals surface area (Å²) in [6, 6.07) is 11.8. The number of carbonyl (C=O) groups is 2. The maximum absolute atomic E-state index is 13.4. The van der Waals surface area contributed by atoms with Crippen LogP contribution in [0.2, 0.25) is 0 Å². The first-order valence-corrected chi connectivity index (χ1v) is 14.1. The van der Waals surface area contributed by atoms with Crippen molar-refractivity contribution in [3.63, 3.8) is 0 Å². The number of fused-ring (bicyclic) bond motifs is 1. The van der Waals surface area contributed by atoms with Crippen LogP contribution in [0.3, 0.4) is 0 Å². The molecule has 5 rings (SSSR count). The molecular weight excluding hydrogens is 560 g/mol. The van der Waals surface area contributed by atoms with Gasteiger partial charge in [-0.25, -0.2) is 9.97 Å². The predicted octanol–water partition coefficient (Wildman–Crippen LogP) is 4.48. The maximum atomic E-state index is 13.4. The van der Waals surface area contributed by atoms with Crippen LogP contribution in [0.4, 0.5) is 11.6 Å². The number of anilines is 2. The van der Waals surface area contributed by atoms with Gasteiger partial charge in [0.05, 0.1) is 16.7 Å². The number of H-pyrrole nitrogens is 1. The van der Waals surface area contributed by atoms with Gasteiger partial charge in [0, 0.05) is 36.3 Å². The Morgan fingerprint density at radius 1 is 1.10 bits per heavy atom. The molecule has 2 aromatic carbocycles. The minimum Gasteiger partial charge on any atom is -0.369 e. The lowest BCUT2D eigenvalue weighted by Gasteiger charge is -2.36. The lowest BCUT2D eigenvalue weighted by Crippen LogP contribution is -2.46. The highest BCUT2D eigenvalue weighted by atomic mass is 79.9. The molecule has 0 aliphatic carbocycles. The number of benzene rings is 2. The van der Waals surface area contributed by atoms with Crippen LogP contribution in [0.1, 0.15) is 52.7 Å². The molecule has 3 heterocycles. The van der Waals surface area contributed by atoms with E-state index in [0.717, 1.165) is 52.9 Å². The number of nitrogens with zero attached hydrogens (tertiary/aromatic N) is 5. The second kappa shape index (κ2) is 11.6. The van der Waals surface area contributed by atoms with Crippen LogP contribution in [0.15, 0.2) is 47.2 Å². The third-order valence-electron chi connectivity index (χ3n) is 7.16. The van der Waals surface area contributed by atoms with E-state index >= 15 is 0 Å². The molecule has 0 radical (unpaired) electrons. The molecule has 0 bridgehead atoms. The summed E-state index contributed by atoms with van der Waals surface area (Å²) in [5, 5.41) is 2.80. The Bertz CT molecular complexity index is 1500. The Morgan fingerprint density at radius 2 is 1.90 bits per heavy atom. The van der Waals surface area contributed by atoms with Gasteiger partial charge in [-0.15, -0.1) is 0 Å². The van der Waals surface area contributed by atoms with Gasteiger partial charge in [-0.05, 0) is 55.8 Å². The second-order valence-electron chi connectivity index (χ2n) is 9.88. The maximum Gasteiger partial charge on any atom is 0.277 e. The number of halogens is 1. The van der Waals surface area contributed by atoms with Gasteiger partial charge in [0.15, 0.2) is 5.69 Å². The minimum absolute atomic E-state index is 0.0432. The zero-order valence-electron chi connectivity index (χ0n) is 22.2. The zero-order chi connectivity index (χ0) is 27.5. The molecule has 4 N–H and O–H groups in total. The number of nitrogens with one attached hydrogen (secondary N) is 2. The summed E-state index contributed by atoms with van der Waals surface area (Å²) in [5.74, 6) is -1.05. The first-order chi connectivity index (χ1) is 18.8. The van der Waals surface area contributed by atoms with E-state index in [-0.39, 0.29) is 17.3 Å². The number of carbonyl (C=O) groups excluding carboxylic acids is 2. The number of hydrogen-bond donors (Lipinski definition) is 3. The second-order valence-corrected chi connectivity index (χ2v) is 10.8. The number of rotatable bonds is 9. The van der Waals surface area contributed by atoms with Crippen LogP contribution in [0.25, 0.3) is 16.7 Å². The number of hydrogen-bond acceptors (Lipinski definition) is 6. The fourth-order valence-corrected chi connectivity index (χ4v) is 5.35. The summed E-state index contributed by atoms with van der Waals surface area (Å²) < 4.78 is 2.40. The third-order valence-corrected chi connectivity index (χ3v) is 7.65. The first-order valence-electron chi connectivity index (χ1n) is 13.3. The molecule has 0 atom stereocenters. The summed E-state index contributed by atoms with van der Waals surface area (Å²) in [6.45, 7) is 9.38. The number of piperazine rings is 1. The number of unbranched alkanes of at least 4 members (excludes halogenated alkanes) is 2. The molecule has 39 heavy (non-hydrogen) atoms. The summed E-state index contributed by atoms with van der Waals surface area (Å²) >= 11 is 3.47. The summed E-state index contributed by atoms with van der Waals surface area (Å²) in [6.07, 6.45) is 5.21. The van der Waals surface area contributed by atoms with Crippen molar-refractivity contribution in [1.82, 2.24) is 24.4 Å². The average molecular weight is 594 g/mol. The van der Waals surface area contributed by atoms with E-state index in [0.29, 0.717) is 5.69 Å². The number of imidazole rings is 2. The molecule has 2 amide bonds. The molecule has 1 aliphatic heterocycles. The largest absolute Gasteiger partial charge is 0.369 e. The Hall–Kier alpha value is -3.70. The van der Waals surface area contributed by atoms with Crippen molar-refractivity contribution in [3.05, 3.63) is 64.1 Å². The Labute approximate surface area is 235 Å². The van der Waals surface area contributed by atoms with Crippen molar-refractivity contribution in [2.24, 2.45) is 5.73 Å². The van der Waals surface area contributed by atoms with Crippen molar-refractivity contribution in [2.45, 2.75) is 33.1 Å². The number of primary amides is 1. The van der Waals surface area contributed by atoms with Crippen LogP contribution in [-0.4, -0.2) is 69.0 Å². The standard InChI is InChI=1S/C28H33BrN8O2/c1-3-4-5-10-35-11-13-36(14-12-35)20-8-9-21-22(16-20)33-28(32-21)34-27(39)25-24(26(30)38)31-17-37(25)23-15-19(29)7-6-18(23)2/h6-9,15-17H,3-5,10-14H2,1-2H3,(H2,30,38)(H2,32,33,34,39). The molecule has 204 valence electrons. The van der Waals surface area contributed by atoms with Gasteiger partial charge in [-0.3, -0.25) is 24.4 Å². The summed E-state index contributed by atoms with van der Waals surface area (Å²) in [4.78, 5) is 42.4. The van der Waals surface area contributed by atoms with Gasteiger partial charge in [0.2, 0.25) is 5.95 Å². The van der Waals surface area contributed by atoms with Crippen LogP contribution in [0, 0.1) is 6.92 Å². The Kier molecular flexibility index (Phi) is 7.99. The van der Waals surface area contributed by atoms with E-state index in [4.69, 9.17) is 5.73 Å². The number of nitrogens with two attached hydrogens (primary N) is 1. The van der Waals surface area contributed by atoms with Crippen molar-refractivity contribution < 1.29 is 9.59 Å². The average Bonchev–Trinajstić information content (AvgIpc) is 3.54. The molecule has 10 nitrogen and oxygen atoms in total. The zero-order valence-corrected chi connectivity index (χ0v) is 23.8. The summed E-state index contributed by atoms with van der Waals surface area (Å²) in [5.41, 5.74) is 9.77. The normalized spacial score (nSPS) is 14.2. The van der Waals surface area contributed by atoms with Crippen molar-refractivity contribution >= 4 is 50.4 Å². The Balaban J connectivity index is 1.34. The quantitative estimate of drug-likeness (QED) is 0.246. The van der Waals surface area contributed by atoms with Crippen molar-refractivity contribution in [1.29, 1.82) is 0 Å². The van der Waals surface area contributed by atoms with Crippen LogP contribution < -0.4 is 16.0 Å². The fraction of sp³-hybridized carbons (Fsp3) is 0.357. The van der Waals surface area contributed by atoms with E-state index in [1.54, 1.807) is 4.57 Å². The molecule has 1 saturated heterocycles. The number of amides is 2. The molecule has 1 fully saturated rings. The van der Waals surface area contributed by atoms with E-state index in [1.807, 2.05) is 31.2 Å². The number of aromatic nitrogens is 4. The smallest absolute Gasteiger partial charge is 0.277 e. The lowest BCUT2D eigenvalue weighted by atomic mass is 10.2. The van der Waals surface area contributed by atoms with Crippen LogP contribution in [0.5, 0.6) is 0 Å². The molecule has 0 unspecified atom stereocenters. The predicted molar refractivity (Wildman–Crippen MR) is 157 cm³/mol. The van der Waals surface area contributed by atoms with E-state index in [2.05, 4.69) is 65.1 Å². The Morgan fingerprint density at radius 3 is 2.64 bits per heavy atom. The van der Waals surface area contributed by atoms with Crippen molar-refractivity contribution in [3.8, 4) is 5.69 Å². The van der Waals surface area contributed by atoms with Gasteiger partial charge >= 0.3 is 0 Å². The van der Waals surface area contributed by atoms with Gasteiger partial charge in [-0.1, -0.05) is 41.8 Å². The van der Waals surface area contributed by atoms with Crippen molar-refractivity contribution in [2.75, 3.05) is 42.9 Å².